The zero-order chi connectivity index (χ0) is 18.7. The van der Waals surface area contributed by atoms with E-state index < -0.39 is 5.25 Å². The number of halogens is 2. The van der Waals surface area contributed by atoms with Gasteiger partial charge in [-0.3, -0.25) is 14.4 Å². The molecule has 134 valence electrons. The highest BCUT2D eigenvalue weighted by atomic mass is 79.9. The molecule has 8 heteroatoms. The maximum Gasteiger partial charge on any atom is 0.247 e. The van der Waals surface area contributed by atoms with Crippen molar-refractivity contribution in [3.05, 3.63) is 58.0 Å². The van der Waals surface area contributed by atoms with Gasteiger partial charge in [-0.2, -0.15) is 0 Å². The summed E-state index contributed by atoms with van der Waals surface area (Å²) in [6, 6.07) is 13.8. The first kappa shape index (κ1) is 18.9. The van der Waals surface area contributed by atoms with Gasteiger partial charge in [0.15, 0.2) is 0 Å². The molecular formula is C18H14BrClN2O3S. The van der Waals surface area contributed by atoms with Gasteiger partial charge in [0, 0.05) is 21.6 Å². The van der Waals surface area contributed by atoms with Crippen LogP contribution in [-0.2, 0) is 14.4 Å². The summed E-state index contributed by atoms with van der Waals surface area (Å²) < 4.78 is 0.786. The van der Waals surface area contributed by atoms with Crippen molar-refractivity contribution < 1.29 is 14.4 Å². The zero-order valence-corrected chi connectivity index (χ0v) is 16.6. The minimum absolute atomic E-state index is 0.0820. The second kappa shape index (κ2) is 8.24. The Morgan fingerprint density at radius 1 is 1.23 bits per heavy atom. The zero-order valence-electron chi connectivity index (χ0n) is 13.4. The van der Waals surface area contributed by atoms with Crippen LogP contribution in [0, 0.1) is 0 Å². The number of rotatable bonds is 5. The molecule has 0 unspecified atom stereocenters. The summed E-state index contributed by atoms with van der Waals surface area (Å²) in [5, 5.41) is 2.76. The second-order valence-corrected chi connectivity index (χ2v) is 8.15. The van der Waals surface area contributed by atoms with Crippen molar-refractivity contribution in [1.82, 2.24) is 0 Å². The molecule has 0 aliphatic carbocycles. The van der Waals surface area contributed by atoms with E-state index in [0.29, 0.717) is 16.4 Å². The van der Waals surface area contributed by atoms with Crippen molar-refractivity contribution >= 4 is 68.4 Å². The second-order valence-electron chi connectivity index (χ2n) is 5.61. The number of anilines is 2. The van der Waals surface area contributed by atoms with Gasteiger partial charge in [0.1, 0.15) is 0 Å². The molecule has 0 bridgehead atoms. The normalized spacial score (nSPS) is 16.8. The van der Waals surface area contributed by atoms with Gasteiger partial charge in [0.05, 0.1) is 16.7 Å². The summed E-state index contributed by atoms with van der Waals surface area (Å²) >= 11 is 10.3. The van der Waals surface area contributed by atoms with Crippen molar-refractivity contribution in [1.29, 1.82) is 0 Å². The third-order valence-corrected chi connectivity index (χ3v) is 5.66. The molecule has 1 heterocycles. The van der Waals surface area contributed by atoms with E-state index >= 15 is 0 Å². The Bertz CT molecular complexity index is 860. The van der Waals surface area contributed by atoms with Crippen LogP contribution in [0.3, 0.4) is 0 Å². The molecular weight excluding hydrogens is 440 g/mol. The summed E-state index contributed by atoms with van der Waals surface area (Å²) in [7, 11) is 0. The molecule has 1 aliphatic heterocycles. The molecule has 1 atom stereocenters. The van der Waals surface area contributed by atoms with Gasteiger partial charge < -0.3 is 5.32 Å². The average Bonchev–Trinajstić information content (AvgIpc) is 2.89. The highest BCUT2D eigenvalue weighted by molar-refractivity contribution is 9.10. The van der Waals surface area contributed by atoms with Crippen LogP contribution in [-0.4, -0.2) is 28.7 Å². The average molecular weight is 454 g/mol. The fourth-order valence-corrected chi connectivity index (χ4v) is 3.97. The van der Waals surface area contributed by atoms with Crippen LogP contribution in [0.2, 0.25) is 5.02 Å². The van der Waals surface area contributed by atoms with E-state index in [1.165, 1.54) is 16.7 Å². The van der Waals surface area contributed by atoms with Crippen molar-refractivity contribution in [3.63, 3.8) is 0 Å². The lowest BCUT2D eigenvalue weighted by molar-refractivity contribution is -0.121. The van der Waals surface area contributed by atoms with Crippen molar-refractivity contribution in [2.24, 2.45) is 0 Å². The first-order valence-corrected chi connectivity index (χ1v) is 9.95. The van der Waals surface area contributed by atoms with Gasteiger partial charge in [-0.25, -0.2) is 4.90 Å². The number of benzene rings is 2. The largest absolute Gasteiger partial charge is 0.325 e. The Morgan fingerprint density at radius 3 is 2.65 bits per heavy atom. The van der Waals surface area contributed by atoms with E-state index in [2.05, 4.69) is 21.2 Å². The number of thioether (sulfide) groups is 1. The maximum absolute atomic E-state index is 12.6. The van der Waals surface area contributed by atoms with E-state index in [1.807, 2.05) is 6.07 Å². The lowest BCUT2D eigenvalue weighted by atomic mass is 10.3. The first-order valence-electron chi connectivity index (χ1n) is 7.73. The number of nitrogens with one attached hydrogen (secondary N) is 1. The van der Waals surface area contributed by atoms with Gasteiger partial charge in [-0.1, -0.05) is 33.6 Å². The lowest BCUT2D eigenvalue weighted by Gasteiger charge is -2.15. The van der Waals surface area contributed by atoms with E-state index in [1.54, 1.807) is 42.5 Å². The monoisotopic (exact) mass is 452 g/mol. The topological polar surface area (TPSA) is 66.5 Å². The van der Waals surface area contributed by atoms with Gasteiger partial charge >= 0.3 is 0 Å². The summed E-state index contributed by atoms with van der Waals surface area (Å²) in [6.07, 6.45) is 0.0875. The lowest BCUT2D eigenvalue weighted by Crippen LogP contribution is -2.31. The quantitative estimate of drug-likeness (QED) is 0.692. The van der Waals surface area contributed by atoms with Gasteiger partial charge in [0.25, 0.3) is 0 Å². The molecule has 1 aliphatic rings. The minimum atomic E-state index is -0.558. The number of nitrogens with zero attached hydrogens (tertiary/aromatic N) is 1. The fourth-order valence-electron chi connectivity index (χ4n) is 2.53. The fraction of sp³-hybridized carbons (Fsp3) is 0.167. The van der Waals surface area contributed by atoms with E-state index in [0.717, 1.165) is 4.47 Å². The molecule has 26 heavy (non-hydrogen) atoms. The SMILES string of the molecule is O=C(CS[C@@H]1CC(=O)N(c2cccc(Br)c2)C1=O)Nc1ccc(Cl)cc1. The molecule has 1 N–H and O–H groups in total. The van der Waals surface area contributed by atoms with Crippen LogP contribution < -0.4 is 10.2 Å². The number of carbonyl (C=O) groups is 3. The van der Waals surface area contributed by atoms with Crippen LogP contribution in [0.5, 0.6) is 0 Å². The maximum atomic E-state index is 12.6. The molecule has 0 saturated carbocycles. The third-order valence-electron chi connectivity index (χ3n) is 3.72. The Hall–Kier alpha value is -1.83. The molecule has 1 saturated heterocycles. The van der Waals surface area contributed by atoms with E-state index in [-0.39, 0.29) is 29.9 Å². The van der Waals surface area contributed by atoms with Gasteiger partial charge in [-0.15, -0.1) is 11.8 Å². The van der Waals surface area contributed by atoms with E-state index in [4.69, 9.17) is 11.6 Å². The molecule has 3 amide bonds. The van der Waals surface area contributed by atoms with E-state index in [9.17, 15) is 14.4 Å². The number of amides is 3. The molecule has 0 radical (unpaired) electrons. The standard InChI is InChI=1S/C18H14BrClN2O3S/c19-11-2-1-3-14(8-11)22-17(24)9-15(18(22)25)26-10-16(23)21-13-6-4-12(20)5-7-13/h1-8,15H,9-10H2,(H,21,23)/t15-/m1/s1. The summed E-state index contributed by atoms with van der Waals surface area (Å²) in [5.74, 6) is -0.710. The van der Waals surface area contributed by atoms with Gasteiger partial charge in [-0.05, 0) is 42.5 Å². The molecule has 0 aromatic heterocycles. The minimum Gasteiger partial charge on any atom is -0.325 e. The molecule has 0 spiro atoms. The summed E-state index contributed by atoms with van der Waals surface area (Å²) in [6.45, 7) is 0. The number of carbonyl (C=O) groups excluding carboxylic acids is 3. The Balaban J connectivity index is 1.59. The predicted octanol–water partition coefficient (Wildman–Crippen LogP) is 4.11. The molecule has 2 aromatic carbocycles. The summed E-state index contributed by atoms with van der Waals surface area (Å²) in [5.41, 5.74) is 1.16. The van der Waals surface area contributed by atoms with Crippen LogP contribution in [0.25, 0.3) is 0 Å². The van der Waals surface area contributed by atoms with Crippen molar-refractivity contribution in [3.8, 4) is 0 Å². The Kier molecular flexibility index (Phi) is 6.01. The van der Waals surface area contributed by atoms with Crippen LogP contribution in [0.4, 0.5) is 11.4 Å². The Morgan fingerprint density at radius 2 is 1.96 bits per heavy atom. The first-order chi connectivity index (χ1) is 12.4. The van der Waals surface area contributed by atoms with Crippen LogP contribution in [0.1, 0.15) is 6.42 Å². The molecule has 3 rings (SSSR count). The summed E-state index contributed by atoms with van der Waals surface area (Å²) in [4.78, 5) is 38.0. The molecule has 2 aromatic rings. The molecule has 5 nitrogen and oxygen atoms in total. The number of hydrogen-bond acceptors (Lipinski definition) is 4. The van der Waals surface area contributed by atoms with Crippen LogP contribution >= 0.6 is 39.3 Å². The number of imide groups is 1. The van der Waals surface area contributed by atoms with Crippen molar-refractivity contribution in [2.75, 3.05) is 16.0 Å². The third kappa shape index (κ3) is 4.47. The predicted molar refractivity (Wildman–Crippen MR) is 108 cm³/mol. The van der Waals surface area contributed by atoms with Crippen molar-refractivity contribution in [2.45, 2.75) is 11.7 Å². The Labute approximate surface area is 168 Å². The van der Waals surface area contributed by atoms with Gasteiger partial charge in [0.2, 0.25) is 17.7 Å². The highest BCUT2D eigenvalue weighted by Gasteiger charge is 2.40. The van der Waals surface area contributed by atoms with Crippen LogP contribution in [0.15, 0.2) is 53.0 Å². The smallest absolute Gasteiger partial charge is 0.247 e. The molecule has 1 fully saturated rings. The number of hydrogen-bond donors (Lipinski definition) is 1. The highest BCUT2D eigenvalue weighted by Crippen LogP contribution is 2.31.